The van der Waals surface area contributed by atoms with Gasteiger partial charge in [-0.05, 0) is 54.5 Å². The van der Waals surface area contributed by atoms with E-state index >= 15 is 0 Å². The topological polar surface area (TPSA) is 62.1 Å². The molecule has 0 heterocycles. The molecular formula is C18H14BrClN2O2. The summed E-state index contributed by atoms with van der Waals surface area (Å²) in [5.41, 5.74) is 2.09. The first kappa shape index (κ1) is 18.1. The van der Waals surface area contributed by atoms with Gasteiger partial charge in [-0.15, -0.1) is 0 Å². The Bertz CT molecular complexity index is 857. The third-order valence-corrected chi connectivity index (χ3v) is 4.10. The van der Waals surface area contributed by atoms with Crippen LogP contribution in [0.4, 0.5) is 5.69 Å². The van der Waals surface area contributed by atoms with Crippen molar-refractivity contribution in [2.24, 2.45) is 0 Å². The summed E-state index contributed by atoms with van der Waals surface area (Å²) < 4.78 is 5.96. The molecule has 1 amide bonds. The van der Waals surface area contributed by atoms with Crippen molar-refractivity contribution >= 4 is 45.2 Å². The van der Waals surface area contributed by atoms with E-state index in [0.717, 1.165) is 10.0 Å². The van der Waals surface area contributed by atoms with Crippen LogP contribution < -0.4 is 10.1 Å². The highest BCUT2D eigenvalue weighted by molar-refractivity contribution is 9.10. The fourth-order valence-electron chi connectivity index (χ4n) is 1.97. The van der Waals surface area contributed by atoms with E-state index in [1.54, 1.807) is 43.5 Å². The molecule has 24 heavy (non-hydrogen) atoms. The number of aryl methyl sites for hydroxylation is 1. The second kappa shape index (κ2) is 8.00. The van der Waals surface area contributed by atoms with Gasteiger partial charge in [-0.1, -0.05) is 33.6 Å². The van der Waals surface area contributed by atoms with Gasteiger partial charge in [-0.3, -0.25) is 4.79 Å². The van der Waals surface area contributed by atoms with Crippen LogP contribution in [-0.2, 0) is 4.79 Å². The number of nitrogens with zero attached hydrogens (tertiary/aromatic N) is 1. The van der Waals surface area contributed by atoms with Crippen molar-refractivity contribution in [1.29, 1.82) is 5.26 Å². The first-order chi connectivity index (χ1) is 11.4. The zero-order chi connectivity index (χ0) is 17.7. The molecule has 0 saturated heterocycles. The Kier molecular flexibility index (Phi) is 6.02. The molecule has 0 spiro atoms. The molecule has 0 aliphatic carbocycles. The Morgan fingerprint density at radius 1 is 1.33 bits per heavy atom. The minimum atomic E-state index is -0.503. The summed E-state index contributed by atoms with van der Waals surface area (Å²) in [5.74, 6) is 0.120. The summed E-state index contributed by atoms with van der Waals surface area (Å²) in [5, 5.41) is 12.5. The zero-order valence-electron chi connectivity index (χ0n) is 13.1. The predicted octanol–water partition coefficient (Wildman–Crippen LogP) is 4.97. The molecule has 2 aromatic rings. The molecule has 0 atom stereocenters. The summed E-state index contributed by atoms with van der Waals surface area (Å²) in [4.78, 5) is 12.3. The predicted molar refractivity (Wildman–Crippen MR) is 99.1 cm³/mol. The van der Waals surface area contributed by atoms with Gasteiger partial charge in [0, 0.05) is 15.2 Å². The maximum Gasteiger partial charge on any atom is 0.266 e. The van der Waals surface area contributed by atoms with Crippen LogP contribution in [0.5, 0.6) is 5.75 Å². The molecule has 122 valence electrons. The second-order valence-electron chi connectivity index (χ2n) is 5.01. The number of hydrogen-bond acceptors (Lipinski definition) is 3. The fourth-order valence-corrected chi connectivity index (χ4v) is 2.64. The van der Waals surface area contributed by atoms with Crippen LogP contribution in [0.25, 0.3) is 6.08 Å². The molecule has 4 nitrogen and oxygen atoms in total. The van der Waals surface area contributed by atoms with Crippen molar-refractivity contribution in [3.05, 3.63) is 62.6 Å². The lowest BCUT2D eigenvalue weighted by Crippen LogP contribution is -2.13. The van der Waals surface area contributed by atoms with Crippen LogP contribution in [0.2, 0.25) is 5.02 Å². The molecule has 2 aromatic carbocycles. The van der Waals surface area contributed by atoms with Crippen molar-refractivity contribution in [2.75, 3.05) is 12.4 Å². The number of ether oxygens (including phenoxy) is 1. The molecule has 0 aliphatic heterocycles. The lowest BCUT2D eigenvalue weighted by molar-refractivity contribution is -0.112. The largest absolute Gasteiger partial charge is 0.497 e. The molecule has 0 fully saturated rings. The Morgan fingerprint density at radius 3 is 2.71 bits per heavy atom. The average molecular weight is 406 g/mol. The first-order valence-electron chi connectivity index (χ1n) is 6.97. The van der Waals surface area contributed by atoms with Gasteiger partial charge < -0.3 is 10.1 Å². The molecule has 1 N–H and O–H groups in total. The zero-order valence-corrected chi connectivity index (χ0v) is 15.4. The number of rotatable bonds is 4. The van der Waals surface area contributed by atoms with E-state index in [2.05, 4.69) is 21.2 Å². The smallest absolute Gasteiger partial charge is 0.266 e. The highest BCUT2D eigenvalue weighted by Crippen LogP contribution is 2.24. The van der Waals surface area contributed by atoms with Crippen LogP contribution in [0.3, 0.4) is 0 Å². The molecule has 0 radical (unpaired) electrons. The normalized spacial score (nSPS) is 10.9. The number of methoxy groups -OCH3 is 1. The van der Waals surface area contributed by atoms with Gasteiger partial charge in [-0.2, -0.15) is 5.26 Å². The highest BCUT2D eigenvalue weighted by atomic mass is 79.9. The monoisotopic (exact) mass is 404 g/mol. The standard InChI is InChI=1S/C18H14BrClN2O2/c1-11-3-4-15(9-17(11)20)22-18(23)13(10-21)5-12-6-14(19)8-16(7-12)24-2/h3-9H,1-2H3,(H,22,23)/b13-5+. The molecule has 0 saturated carbocycles. The number of anilines is 1. The summed E-state index contributed by atoms with van der Waals surface area (Å²) in [6, 6.07) is 12.4. The third kappa shape index (κ3) is 4.60. The van der Waals surface area contributed by atoms with Crippen molar-refractivity contribution in [3.8, 4) is 11.8 Å². The number of amides is 1. The van der Waals surface area contributed by atoms with E-state index in [4.69, 9.17) is 16.3 Å². The van der Waals surface area contributed by atoms with E-state index in [1.165, 1.54) is 6.08 Å². The Hall–Kier alpha value is -2.29. The van der Waals surface area contributed by atoms with Gasteiger partial charge in [0.1, 0.15) is 17.4 Å². The molecule has 0 aromatic heterocycles. The van der Waals surface area contributed by atoms with Crippen molar-refractivity contribution in [1.82, 2.24) is 0 Å². The third-order valence-electron chi connectivity index (χ3n) is 3.24. The molecule has 0 bridgehead atoms. The molecule has 0 unspecified atom stereocenters. The Balaban J connectivity index is 2.27. The summed E-state index contributed by atoms with van der Waals surface area (Å²) in [7, 11) is 1.55. The van der Waals surface area contributed by atoms with Crippen LogP contribution in [0, 0.1) is 18.3 Å². The quantitative estimate of drug-likeness (QED) is 0.577. The average Bonchev–Trinajstić information content (AvgIpc) is 2.55. The molecular weight excluding hydrogens is 392 g/mol. The number of nitrogens with one attached hydrogen (secondary N) is 1. The number of carbonyl (C=O) groups is 1. The number of benzene rings is 2. The van der Waals surface area contributed by atoms with E-state index in [1.807, 2.05) is 13.0 Å². The van der Waals surface area contributed by atoms with Gasteiger partial charge in [-0.25, -0.2) is 0 Å². The Morgan fingerprint density at radius 2 is 2.08 bits per heavy atom. The van der Waals surface area contributed by atoms with Crippen LogP contribution in [0.1, 0.15) is 11.1 Å². The number of carbonyl (C=O) groups excluding carboxylic acids is 1. The van der Waals surface area contributed by atoms with E-state index in [0.29, 0.717) is 22.0 Å². The van der Waals surface area contributed by atoms with Gasteiger partial charge in [0.15, 0.2) is 0 Å². The summed E-state index contributed by atoms with van der Waals surface area (Å²) >= 11 is 9.41. The second-order valence-corrected chi connectivity index (χ2v) is 6.34. The van der Waals surface area contributed by atoms with E-state index < -0.39 is 5.91 Å². The lowest BCUT2D eigenvalue weighted by Gasteiger charge is -2.07. The fraction of sp³-hybridized carbons (Fsp3) is 0.111. The Labute approximate surface area is 153 Å². The van der Waals surface area contributed by atoms with Gasteiger partial charge in [0.05, 0.1) is 7.11 Å². The van der Waals surface area contributed by atoms with E-state index in [9.17, 15) is 10.1 Å². The minimum absolute atomic E-state index is 0.0214. The SMILES string of the molecule is COc1cc(Br)cc(/C=C(\C#N)C(=O)Nc2ccc(C)c(Cl)c2)c1. The summed E-state index contributed by atoms with van der Waals surface area (Å²) in [6.07, 6.45) is 1.50. The van der Waals surface area contributed by atoms with Gasteiger partial charge in [0.2, 0.25) is 0 Å². The maximum atomic E-state index is 12.3. The molecule has 6 heteroatoms. The summed E-state index contributed by atoms with van der Waals surface area (Å²) in [6.45, 7) is 1.87. The highest BCUT2D eigenvalue weighted by Gasteiger charge is 2.11. The van der Waals surface area contributed by atoms with Crippen LogP contribution in [-0.4, -0.2) is 13.0 Å². The van der Waals surface area contributed by atoms with Crippen molar-refractivity contribution < 1.29 is 9.53 Å². The van der Waals surface area contributed by atoms with Crippen LogP contribution in [0.15, 0.2) is 46.4 Å². The maximum absolute atomic E-state index is 12.3. The molecule has 0 aliphatic rings. The number of halogens is 2. The van der Waals surface area contributed by atoms with Crippen molar-refractivity contribution in [2.45, 2.75) is 6.92 Å². The first-order valence-corrected chi connectivity index (χ1v) is 8.14. The lowest BCUT2D eigenvalue weighted by atomic mass is 10.1. The number of hydrogen-bond donors (Lipinski definition) is 1. The van der Waals surface area contributed by atoms with Gasteiger partial charge >= 0.3 is 0 Å². The molecule has 2 rings (SSSR count). The number of nitriles is 1. The van der Waals surface area contributed by atoms with Crippen LogP contribution >= 0.6 is 27.5 Å². The van der Waals surface area contributed by atoms with E-state index in [-0.39, 0.29) is 5.57 Å². The van der Waals surface area contributed by atoms with Crippen molar-refractivity contribution in [3.63, 3.8) is 0 Å². The van der Waals surface area contributed by atoms with Gasteiger partial charge in [0.25, 0.3) is 5.91 Å². The minimum Gasteiger partial charge on any atom is -0.497 e.